The zero-order valence-corrected chi connectivity index (χ0v) is 11.0. The van der Waals surface area contributed by atoms with Crippen LogP contribution in [0.4, 0.5) is 4.79 Å². The number of ether oxygens (including phenoxy) is 1. The largest absolute Gasteiger partial charge is 0.444 e. The highest BCUT2D eigenvalue weighted by atomic mass is 16.6. The molecule has 6 nitrogen and oxygen atoms in total. The lowest BCUT2D eigenvalue weighted by Crippen LogP contribution is -2.44. The molecule has 17 heavy (non-hydrogen) atoms. The van der Waals surface area contributed by atoms with Crippen molar-refractivity contribution in [3.05, 3.63) is 0 Å². The Hall–Kier alpha value is -0.850. The van der Waals surface area contributed by atoms with E-state index in [-0.39, 0.29) is 0 Å². The molecule has 0 spiro atoms. The maximum absolute atomic E-state index is 10.0. The van der Waals surface area contributed by atoms with Gasteiger partial charge in [0, 0.05) is 32.7 Å². The topological polar surface area (TPSA) is 87.8 Å². The van der Waals surface area contributed by atoms with Crippen molar-refractivity contribution in [1.29, 1.82) is 0 Å². The minimum atomic E-state index is -0.725. The van der Waals surface area contributed by atoms with E-state index in [4.69, 9.17) is 10.8 Å². The number of β-amino-alcohol motifs (C(OH)–C–C–N with tert-alkyl or cyclic N) is 1. The number of piperazine rings is 1. The molecule has 1 aliphatic rings. The third-order valence-corrected chi connectivity index (χ3v) is 2.03. The molecule has 0 radical (unpaired) electrons. The van der Waals surface area contributed by atoms with E-state index in [1.807, 2.05) is 0 Å². The predicted octanol–water partition coefficient (Wildman–Crippen LogP) is -0.236. The van der Waals surface area contributed by atoms with Gasteiger partial charge in [-0.3, -0.25) is 4.90 Å². The van der Waals surface area contributed by atoms with E-state index in [9.17, 15) is 4.79 Å². The van der Waals surface area contributed by atoms with Crippen LogP contribution in [-0.4, -0.2) is 61.0 Å². The maximum atomic E-state index is 10.0. The van der Waals surface area contributed by atoms with Crippen molar-refractivity contribution in [2.75, 3.05) is 39.3 Å². The molecule has 4 N–H and O–H groups in total. The van der Waals surface area contributed by atoms with Crippen molar-refractivity contribution in [3.8, 4) is 0 Å². The van der Waals surface area contributed by atoms with Gasteiger partial charge in [0.1, 0.15) is 5.60 Å². The molecule has 0 saturated carbocycles. The lowest BCUT2D eigenvalue weighted by atomic mass is 10.2. The van der Waals surface area contributed by atoms with Gasteiger partial charge in [-0.2, -0.15) is 0 Å². The van der Waals surface area contributed by atoms with Crippen molar-refractivity contribution >= 4 is 6.09 Å². The van der Waals surface area contributed by atoms with Gasteiger partial charge in [0.2, 0.25) is 0 Å². The van der Waals surface area contributed by atoms with Crippen LogP contribution in [0.5, 0.6) is 0 Å². The summed E-state index contributed by atoms with van der Waals surface area (Å²) in [6.07, 6.45) is -0.725. The molecular formula is C11H25N3O3. The van der Waals surface area contributed by atoms with Gasteiger partial charge in [-0.1, -0.05) is 0 Å². The van der Waals surface area contributed by atoms with Crippen LogP contribution in [0.2, 0.25) is 0 Å². The quantitative estimate of drug-likeness (QED) is 0.627. The summed E-state index contributed by atoms with van der Waals surface area (Å²) < 4.78 is 4.58. The third kappa shape index (κ3) is 11.4. The smallest absolute Gasteiger partial charge is 0.405 e. The third-order valence-electron chi connectivity index (χ3n) is 2.03. The second-order valence-corrected chi connectivity index (χ2v) is 4.85. The second kappa shape index (κ2) is 8.27. The van der Waals surface area contributed by atoms with Crippen molar-refractivity contribution in [1.82, 2.24) is 10.2 Å². The Kier molecular flexibility index (Phi) is 7.86. The van der Waals surface area contributed by atoms with Crippen LogP contribution in [0, 0.1) is 0 Å². The standard InChI is InChI=1S/C6H14N2O.C5H11NO2/c9-6-5-8-3-1-7-2-4-8;1-5(2,3)8-4(6)7/h7,9H,1-6H2;1-3H3,(H2,6,7). The summed E-state index contributed by atoms with van der Waals surface area (Å²) in [6.45, 7) is 10.7. The van der Waals surface area contributed by atoms with E-state index in [0.29, 0.717) is 6.61 Å². The van der Waals surface area contributed by atoms with Gasteiger partial charge in [-0.15, -0.1) is 0 Å². The Bertz CT molecular complexity index is 208. The summed E-state index contributed by atoms with van der Waals surface area (Å²) in [6, 6.07) is 0. The average Bonchev–Trinajstić information content (AvgIpc) is 2.16. The zero-order valence-electron chi connectivity index (χ0n) is 11.0. The van der Waals surface area contributed by atoms with Crippen LogP contribution in [0.15, 0.2) is 0 Å². The van der Waals surface area contributed by atoms with Crippen LogP contribution in [0.25, 0.3) is 0 Å². The summed E-state index contributed by atoms with van der Waals surface area (Å²) in [4.78, 5) is 12.3. The van der Waals surface area contributed by atoms with Crippen LogP contribution in [0.3, 0.4) is 0 Å². The fraction of sp³-hybridized carbons (Fsp3) is 0.909. The molecule has 0 aromatic carbocycles. The molecule has 0 atom stereocenters. The van der Waals surface area contributed by atoms with Crippen LogP contribution in [-0.2, 0) is 4.74 Å². The second-order valence-electron chi connectivity index (χ2n) is 4.85. The molecular weight excluding hydrogens is 222 g/mol. The Labute approximate surface area is 103 Å². The summed E-state index contributed by atoms with van der Waals surface area (Å²) in [5.41, 5.74) is 4.26. The first kappa shape index (κ1) is 16.1. The summed E-state index contributed by atoms with van der Waals surface area (Å²) in [5.74, 6) is 0. The molecule has 102 valence electrons. The Morgan fingerprint density at radius 1 is 1.41 bits per heavy atom. The fourth-order valence-electron chi connectivity index (χ4n) is 1.38. The molecule has 1 saturated heterocycles. The average molecular weight is 247 g/mol. The van der Waals surface area contributed by atoms with Crippen molar-refractivity contribution in [2.45, 2.75) is 26.4 Å². The first-order chi connectivity index (χ1) is 7.85. The highest BCUT2D eigenvalue weighted by Crippen LogP contribution is 2.04. The molecule has 0 aromatic heterocycles. The van der Waals surface area contributed by atoms with E-state index in [1.54, 1.807) is 20.8 Å². The number of aliphatic hydroxyl groups is 1. The normalized spacial score (nSPS) is 16.9. The highest BCUT2D eigenvalue weighted by Gasteiger charge is 2.12. The van der Waals surface area contributed by atoms with Gasteiger partial charge in [-0.05, 0) is 20.8 Å². The minimum Gasteiger partial charge on any atom is -0.444 e. The molecule has 1 aliphatic heterocycles. The van der Waals surface area contributed by atoms with Gasteiger partial charge in [0.15, 0.2) is 0 Å². The first-order valence-electron chi connectivity index (χ1n) is 5.87. The Morgan fingerprint density at radius 2 is 1.94 bits per heavy atom. The van der Waals surface area contributed by atoms with Crippen LogP contribution in [0.1, 0.15) is 20.8 Å². The number of hydrogen-bond donors (Lipinski definition) is 3. The van der Waals surface area contributed by atoms with Crippen molar-refractivity contribution in [3.63, 3.8) is 0 Å². The lowest BCUT2D eigenvalue weighted by Gasteiger charge is -2.25. The van der Waals surface area contributed by atoms with Gasteiger partial charge < -0.3 is 20.9 Å². The van der Waals surface area contributed by atoms with Gasteiger partial charge in [0.05, 0.1) is 6.61 Å². The number of carbonyl (C=O) groups is 1. The summed E-state index contributed by atoms with van der Waals surface area (Å²) in [5, 5.41) is 11.8. The first-order valence-corrected chi connectivity index (χ1v) is 5.87. The number of rotatable bonds is 2. The van der Waals surface area contributed by atoms with Gasteiger partial charge in [-0.25, -0.2) is 4.79 Å². The summed E-state index contributed by atoms with van der Waals surface area (Å²) >= 11 is 0. The van der Waals surface area contributed by atoms with E-state index >= 15 is 0 Å². The van der Waals surface area contributed by atoms with Crippen molar-refractivity contribution < 1.29 is 14.6 Å². The number of carbonyl (C=O) groups excluding carboxylic acids is 1. The Balaban J connectivity index is 0.000000304. The number of nitrogens with zero attached hydrogens (tertiary/aromatic N) is 1. The van der Waals surface area contributed by atoms with Gasteiger partial charge >= 0.3 is 6.09 Å². The molecule has 1 fully saturated rings. The number of nitrogens with one attached hydrogen (secondary N) is 1. The molecule has 0 bridgehead atoms. The van der Waals surface area contributed by atoms with Crippen molar-refractivity contribution in [2.24, 2.45) is 5.73 Å². The number of hydrogen-bond acceptors (Lipinski definition) is 5. The zero-order chi connectivity index (χ0) is 13.3. The van der Waals surface area contributed by atoms with E-state index in [2.05, 4.69) is 15.0 Å². The maximum Gasteiger partial charge on any atom is 0.405 e. The van der Waals surface area contributed by atoms with Gasteiger partial charge in [0.25, 0.3) is 0 Å². The molecule has 0 aliphatic carbocycles. The lowest BCUT2D eigenvalue weighted by molar-refractivity contribution is 0.0600. The number of primary amides is 1. The highest BCUT2D eigenvalue weighted by molar-refractivity contribution is 5.65. The molecule has 1 amide bonds. The molecule has 6 heteroatoms. The number of nitrogens with two attached hydrogens (primary N) is 1. The molecule has 1 heterocycles. The van der Waals surface area contributed by atoms with E-state index < -0.39 is 11.7 Å². The fourth-order valence-corrected chi connectivity index (χ4v) is 1.38. The molecule has 0 aromatic rings. The molecule has 1 rings (SSSR count). The number of amides is 1. The SMILES string of the molecule is CC(C)(C)OC(N)=O.OCCN1CCNCC1. The van der Waals surface area contributed by atoms with Crippen LogP contribution < -0.4 is 11.1 Å². The minimum absolute atomic E-state index is 0.292. The Morgan fingerprint density at radius 3 is 2.24 bits per heavy atom. The van der Waals surface area contributed by atoms with Crippen LogP contribution >= 0.6 is 0 Å². The monoisotopic (exact) mass is 247 g/mol. The summed E-state index contributed by atoms with van der Waals surface area (Å²) in [7, 11) is 0. The molecule has 0 unspecified atom stereocenters. The predicted molar refractivity (Wildman–Crippen MR) is 66.8 cm³/mol. The van der Waals surface area contributed by atoms with E-state index in [0.717, 1.165) is 32.7 Å². The number of aliphatic hydroxyl groups excluding tert-OH is 1. The van der Waals surface area contributed by atoms with E-state index in [1.165, 1.54) is 0 Å².